The first kappa shape index (κ1) is 21.5. The van der Waals surface area contributed by atoms with Crippen LogP contribution in [-0.2, 0) is 16.1 Å². The van der Waals surface area contributed by atoms with Crippen molar-refractivity contribution in [1.29, 1.82) is 0 Å². The van der Waals surface area contributed by atoms with E-state index in [1.54, 1.807) is 11.8 Å². The van der Waals surface area contributed by atoms with E-state index < -0.39 is 6.04 Å². The zero-order valence-electron chi connectivity index (χ0n) is 17.0. The summed E-state index contributed by atoms with van der Waals surface area (Å²) in [5.74, 6) is 0.618. The average molecular weight is 383 g/mol. The van der Waals surface area contributed by atoms with Crippen molar-refractivity contribution < 1.29 is 14.3 Å². The maximum atomic E-state index is 12.8. The Morgan fingerprint density at radius 2 is 1.75 bits per heavy atom. The molecule has 1 N–H and O–H groups in total. The normalized spacial score (nSPS) is 11.5. The smallest absolute Gasteiger partial charge is 0.242 e. The maximum Gasteiger partial charge on any atom is 0.242 e. The molecule has 0 saturated carbocycles. The van der Waals surface area contributed by atoms with Crippen LogP contribution in [0.25, 0.3) is 0 Å². The van der Waals surface area contributed by atoms with Gasteiger partial charge in [-0.1, -0.05) is 48.0 Å². The number of likely N-dealkylation sites (N-methyl/N-ethyl adjacent to an activating group) is 1. The van der Waals surface area contributed by atoms with Crippen molar-refractivity contribution in [3.8, 4) is 5.75 Å². The summed E-state index contributed by atoms with van der Waals surface area (Å²) in [5, 5.41) is 2.80. The summed E-state index contributed by atoms with van der Waals surface area (Å²) in [5.41, 5.74) is 2.18. The second kappa shape index (κ2) is 11.1. The molecule has 0 aliphatic carbocycles. The molecule has 0 aliphatic heterocycles. The van der Waals surface area contributed by atoms with Gasteiger partial charge in [0.15, 0.2) is 0 Å². The largest absolute Gasteiger partial charge is 0.494 e. The van der Waals surface area contributed by atoms with Gasteiger partial charge in [0.1, 0.15) is 11.8 Å². The monoisotopic (exact) mass is 382 g/mol. The van der Waals surface area contributed by atoms with Crippen LogP contribution < -0.4 is 10.1 Å². The third-order valence-corrected chi connectivity index (χ3v) is 4.54. The van der Waals surface area contributed by atoms with Crippen molar-refractivity contribution in [1.82, 2.24) is 10.2 Å². The summed E-state index contributed by atoms with van der Waals surface area (Å²) >= 11 is 0. The highest BCUT2D eigenvalue weighted by Crippen LogP contribution is 2.14. The summed E-state index contributed by atoms with van der Waals surface area (Å²) in [4.78, 5) is 26.8. The fourth-order valence-corrected chi connectivity index (χ4v) is 2.88. The topological polar surface area (TPSA) is 58.6 Å². The zero-order chi connectivity index (χ0) is 20.4. The van der Waals surface area contributed by atoms with Crippen LogP contribution in [0.3, 0.4) is 0 Å². The first-order chi connectivity index (χ1) is 13.5. The van der Waals surface area contributed by atoms with E-state index in [4.69, 9.17) is 4.74 Å². The van der Waals surface area contributed by atoms with Crippen LogP contribution in [-0.4, -0.2) is 35.9 Å². The first-order valence-corrected chi connectivity index (χ1v) is 9.81. The summed E-state index contributed by atoms with van der Waals surface area (Å²) in [6.45, 7) is 7.09. The molecule has 2 amide bonds. The number of aryl methyl sites for hydroxylation is 1. The molecule has 2 rings (SSSR count). The lowest BCUT2D eigenvalue weighted by Crippen LogP contribution is -2.47. The molecular formula is C23H30N2O3. The lowest BCUT2D eigenvalue weighted by atomic mass is 10.1. The van der Waals surface area contributed by atoms with Crippen LogP contribution in [0.5, 0.6) is 5.75 Å². The molecule has 2 aromatic rings. The molecule has 0 aliphatic rings. The Hall–Kier alpha value is -2.82. The van der Waals surface area contributed by atoms with E-state index in [1.165, 1.54) is 5.56 Å². The average Bonchev–Trinajstić information content (AvgIpc) is 2.71. The van der Waals surface area contributed by atoms with Crippen LogP contribution >= 0.6 is 0 Å². The van der Waals surface area contributed by atoms with Crippen LogP contribution in [0.2, 0.25) is 0 Å². The number of rotatable bonds is 10. The van der Waals surface area contributed by atoms with E-state index in [0.29, 0.717) is 32.5 Å². The van der Waals surface area contributed by atoms with E-state index >= 15 is 0 Å². The van der Waals surface area contributed by atoms with E-state index in [0.717, 1.165) is 11.3 Å². The fraction of sp³-hybridized carbons (Fsp3) is 0.391. The highest BCUT2D eigenvalue weighted by Gasteiger charge is 2.25. The second-order valence-corrected chi connectivity index (χ2v) is 6.84. The van der Waals surface area contributed by atoms with Crippen molar-refractivity contribution in [3.05, 3.63) is 65.7 Å². The number of carbonyl (C=O) groups is 2. The molecule has 1 atom stereocenters. The van der Waals surface area contributed by atoms with Crippen molar-refractivity contribution in [2.45, 2.75) is 46.2 Å². The van der Waals surface area contributed by atoms with Gasteiger partial charge in [-0.2, -0.15) is 0 Å². The minimum atomic E-state index is -0.523. The van der Waals surface area contributed by atoms with E-state index in [2.05, 4.69) is 5.32 Å². The lowest BCUT2D eigenvalue weighted by Gasteiger charge is -2.28. The van der Waals surface area contributed by atoms with Gasteiger partial charge in [-0.3, -0.25) is 9.59 Å². The highest BCUT2D eigenvalue weighted by atomic mass is 16.5. The third-order valence-electron chi connectivity index (χ3n) is 4.54. The molecule has 0 fully saturated rings. The van der Waals surface area contributed by atoms with Gasteiger partial charge in [0.2, 0.25) is 11.8 Å². The molecule has 5 nitrogen and oxygen atoms in total. The number of benzene rings is 2. The predicted molar refractivity (Wildman–Crippen MR) is 111 cm³/mol. The van der Waals surface area contributed by atoms with Crippen LogP contribution in [0.15, 0.2) is 54.6 Å². The van der Waals surface area contributed by atoms with Crippen LogP contribution in [0.1, 0.15) is 37.8 Å². The van der Waals surface area contributed by atoms with Gasteiger partial charge in [-0.25, -0.2) is 0 Å². The number of ether oxygens (including phenoxy) is 1. The maximum absolute atomic E-state index is 12.8. The molecule has 28 heavy (non-hydrogen) atoms. The summed E-state index contributed by atoms with van der Waals surface area (Å²) < 4.78 is 5.71. The molecule has 0 unspecified atom stereocenters. The summed E-state index contributed by atoms with van der Waals surface area (Å²) in [6, 6.07) is 17.1. The van der Waals surface area contributed by atoms with E-state index in [1.807, 2.05) is 68.4 Å². The Labute approximate surface area is 167 Å². The van der Waals surface area contributed by atoms with Gasteiger partial charge in [0.25, 0.3) is 0 Å². The molecule has 0 heterocycles. The Morgan fingerprint density at radius 1 is 1.07 bits per heavy atom. The van der Waals surface area contributed by atoms with Gasteiger partial charge < -0.3 is 15.0 Å². The Balaban J connectivity index is 1.93. The van der Waals surface area contributed by atoms with Crippen molar-refractivity contribution in [2.24, 2.45) is 0 Å². The predicted octanol–water partition coefficient (Wildman–Crippen LogP) is 3.71. The van der Waals surface area contributed by atoms with Crippen LogP contribution in [0, 0.1) is 6.92 Å². The van der Waals surface area contributed by atoms with Gasteiger partial charge in [-0.15, -0.1) is 0 Å². The minimum absolute atomic E-state index is 0.0462. The molecule has 2 aromatic carbocycles. The quantitative estimate of drug-likeness (QED) is 0.637. The molecule has 150 valence electrons. The summed E-state index contributed by atoms with van der Waals surface area (Å²) in [6.07, 6.45) is 0.933. The van der Waals surface area contributed by atoms with Gasteiger partial charge in [-0.05, 0) is 44.9 Å². The van der Waals surface area contributed by atoms with Crippen molar-refractivity contribution in [2.75, 3.05) is 13.2 Å². The van der Waals surface area contributed by atoms with Gasteiger partial charge in [0, 0.05) is 19.5 Å². The van der Waals surface area contributed by atoms with Crippen molar-refractivity contribution >= 4 is 11.8 Å². The van der Waals surface area contributed by atoms with Gasteiger partial charge in [0.05, 0.1) is 6.61 Å². The first-order valence-electron chi connectivity index (χ1n) is 9.81. The fourth-order valence-electron chi connectivity index (χ4n) is 2.88. The number of nitrogens with zero attached hydrogens (tertiary/aromatic N) is 1. The van der Waals surface area contributed by atoms with Crippen molar-refractivity contribution in [3.63, 3.8) is 0 Å². The Kier molecular flexibility index (Phi) is 8.53. The van der Waals surface area contributed by atoms with Gasteiger partial charge >= 0.3 is 0 Å². The number of hydrogen-bond acceptors (Lipinski definition) is 3. The zero-order valence-corrected chi connectivity index (χ0v) is 17.0. The highest BCUT2D eigenvalue weighted by molar-refractivity contribution is 5.87. The molecule has 5 heteroatoms. The third kappa shape index (κ3) is 6.72. The molecular weight excluding hydrogens is 352 g/mol. The Morgan fingerprint density at radius 3 is 2.39 bits per heavy atom. The number of carbonyl (C=O) groups excluding carboxylic acids is 2. The molecule has 0 aromatic heterocycles. The standard InChI is InChI=1S/C23H30N2O3/c1-4-24-23(27)19(3)25(17-20-9-6-5-7-10-20)22(26)11-8-16-28-21-14-12-18(2)13-15-21/h5-7,9-10,12-15,19H,4,8,11,16-17H2,1-3H3,(H,24,27)/t19-/m1/s1. The summed E-state index contributed by atoms with van der Waals surface area (Å²) in [7, 11) is 0. The number of hydrogen-bond donors (Lipinski definition) is 1. The molecule has 0 spiro atoms. The molecule has 0 bridgehead atoms. The second-order valence-electron chi connectivity index (χ2n) is 6.84. The lowest BCUT2D eigenvalue weighted by molar-refractivity contribution is -0.140. The number of nitrogens with one attached hydrogen (secondary N) is 1. The molecule has 0 saturated heterocycles. The van der Waals surface area contributed by atoms with Crippen LogP contribution in [0.4, 0.5) is 0 Å². The molecule has 0 radical (unpaired) electrons. The SMILES string of the molecule is CCNC(=O)[C@@H](C)N(Cc1ccccc1)C(=O)CCCOc1ccc(C)cc1. The number of amides is 2. The van der Waals surface area contributed by atoms with E-state index in [-0.39, 0.29) is 11.8 Å². The van der Waals surface area contributed by atoms with E-state index in [9.17, 15) is 9.59 Å². The minimum Gasteiger partial charge on any atom is -0.494 e. The Bertz CT molecular complexity index is 744.